The summed E-state index contributed by atoms with van der Waals surface area (Å²) in [6, 6.07) is 21.4. The lowest BCUT2D eigenvalue weighted by atomic mass is 10.1. The zero-order chi connectivity index (χ0) is 18.6. The zero-order valence-electron chi connectivity index (χ0n) is 14.1. The number of hydrogen-bond donors (Lipinski definition) is 0. The number of rotatable bonds is 5. The van der Waals surface area contributed by atoms with Gasteiger partial charge in [0.2, 0.25) is 0 Å². The molecule has 6 nitrogen and oxygen atoms in total. The fourth-order valence-electron chi connectivity index (χ4n) is 2.72. The van der Waals surface area contributed by atoms with Crippen LogP contribution in [0.5, 0.6) is 23.0 Å². The minimum atomic E-state index is -0.427. The van der Waals surface area contributed by atoms with Crippen molar-refractivity contribution in [1.29, 1.82) is 0 Å². The van der Waals surface area contributed by atoms with Gasteiger partial charge in [0.1, 0.15) is 23.0 Å². The molecule has 0 aliphatic heterocycles. The maximum absolute atomic E-state index is 11.2. The largest absolute Gasteiger partial charge is 0.457 e. The smallest absolute Gasteiger partial charge is 0.279 e. The van der Waals surface area contributed by atoms with E-state index in [1.807, 2.05) is 30.3 Å². The first-order valence-corrected chi connectivity index (χ1v) is 8.23. The lowest BCUT2D eigenvalue weighted by Gasteiger charge is -2.10. The lowest BCUT2D eigenvalue weighted by molar-refractivity contribution is -0.383. The molecule has 4 rings (SSSR count). The van der Waals surface area contributed by atoms with Crippen molar-refractivity contribution in [3.63, 3.8) is 0 Å². The molecule has 0 amide bonds. The summed E-state index contributed by atoms with van der Waals surface area (Å²) in [4.78, 5) is 14.7. The topological polar surface area (TPSA) is 74.5 Å². The summed E-state index contributed by atoms with van der Waals surface area (Å²) in [5.41, 5.74) is -0.00272. The lowest BCUT2D eigenvalue weighted by Crippen LogP contribution is -1.93. The second-order valence-electron chi connectivity index (χ2n) is 5.75. The van der Waals surface area contributed by atoms with Gasteiger partial charge in [0.25, 0.3) is 5.69 Å². The molecule has 0 bridgehead atoms. The number of nitro benzene ring substituents is 1. The van der Waals surface area contributed by atoms with Gasteiger partial charge in [-0.15, -0.1) is 0 Å². The summed E-state index contributed by atoms with van der Waals surface area (Å²) in [5.74, 6) is 2.56. The Bertz CT molecular complexity index is 1100. The van der Waals surface area contributed by atoms with Gasteiger partial charge in [-0.3, -0.25) is 15.1 Å². The summed E-state index contributed by atoms with van der Waals surface area (Å²) < 4.78 is 11.7. The quantitative estimate of drug-likeness (QED) is 0.336. The number of nitro groups is 1. The molecule has 0 spiro atoms. The van der Waals surface area contributed by atoms with E-state index in [-0.39, 0.29) is 5.69 Å². The third-order valence-electron chi connectivity index (χ3n) is 3.98. The van der Waals surface area contributed by atoms with Crippen molar-refractivity contribution in [2.75, 3.05) is 0 Å². The minimum absolute atomic E-state index is 0.00272. The van der Waals surface area contributed by atoms with Crippen LogP contribution < -0.4 is 9.47 Å². The van der Waals surface area contributed by atoms with Crippen LogP contribution in [0.4, 0.5) is 5.69 Å². The van der Waals surface area contributed by atoms with Crippen LogP contribution in [0, 0.1) is 10.1 Å². The molecular formula is C21H14N2O4. The Hall–Kier alpha value is -3.93. The number of aromatic nitrogens is 1. The number of ether oxygens (including phenoxy) is 2. The fourth-order valence-corrected chi connectivity index (χ4v) is 2.72. The molecule has 0 aliphatic rings. The maximum Gasteiger partial charge on any atom is 0.279 e. The molecule has 3 aromatic carbocycles. The van der Waals surface area contributed by atoms with Gasteiger partial charge in [0, 0.05) is 23.8 Å². The highest BCUT2D eigenvalue weighted by molar-refractivity contribution is 5.94. The Kier molecular flexibility index (Phi) is 4.37. The van der Waals surface area contributed by atoms with E-state index in [1.165, 1.54) is 12.3 Å². The van der Waals surface area contributed by atoms with Crippen LogP contribution in [-0.2, 0) is 0 Å². The standard InChI is InChI=1S/C21H14N2O4/c24-23(25)20-10-11-21(18-12-13-22-14-19(18)20)27-17-8-6-16(7-9-17)26-15-4-2-1-3-5-15/h1-14H. The Morgan fingerprint density at radius 2 is 1.41 bits per heavy atom. The van der Waals surface area contributed by atoms with Gasteiger partial charge in [-0.05, 0) is 48.5 Å². The van der Waals surface area contributed by atoms with Crippen molar-refractivity contribution < 1.29 is 14.4 Å². The molecule has 0 saturated carbocycles. The van der Waals surface area contributed by atoms with Gasteiger partial charge in [0.05, 0.1) is 10.3 Å². The summed E-state index contributed by atoms with van der Waals surface area (Å²) in [6.45, 7) is 0. The third kappa shape index (κ3) is 3.55. The predicted octanol–water partition coefficient (Wildman–Crippen LogP) is 5.73. The summed E-state index contributed by atoms with van der Waals surface area (Å²) in [5, 5.41) is 12.3. The number of nitrogens with zero attached hydrogens (tertiary/aromatic N) is 2. The molecule has 0 unspecified atom stereocenters. The van der Waals surface area contributed by atoms with Crippen LogP contribution >= 0.6 is 0 Å². The van der Waals surface area contributed by atoms with E-state index in [1.54, 1.807) is 42.6 Å². The van der Waals surface area contributed by atoms with Crippen LogP contribution in [0.15, 0.2) is 85.2 Å². The average Bonchev–Trinajstić information content (AvgIpc) is 2.70. The summed E-state index contributed by atoms with van der Waals surface area (Å²) in [6.07, 6.45) is 3.05. The molecule has 0 atom stereocenters. The Morgan fingerprint density at radius 1 is 0.741 bits per heavy atom. The van der Waals surface area contributed by atoms with Crippen molar-refractivity contribution in [3.8, 4) is 23.0 Å². The third-order valence-corrected chi connectivity index (χ3v) is 3.98. The molecule has 0 aliphatic carbocycles. The van der Waals surface area contributed by atoms with Crippen LogP contribution in [-0.4, -0.2) is 9.91 Å². The minimum Gasteiger partial charge on any atom is -0.457 e. The van der Waals surface area contributed by atoms with E-state index in [9.17, 15) is 10.1 Å². The zero-order valence-corrected chi connectivity index (χ0v) is 14.1. The van der Waals surface area contributed by atoms with E-state index >= 15 is 0 Å². The van der Waals surface area contributed by atoms with Gasteiger partial charge < -0.3 is 9.47 Å². The molecule has 27 heavy (non-hydrogen) atoms. The predicted molar refractivity (Wildman–Crippen MR) is 101 cm³/mol. The van der Waals surface area contributed by atoms with Crippen LogP contribution in [0.2, 0.25) is 0 Å². The first kappa shape index (κ1) is 16.5. The second-order valence-corrected chi connectivity index (χ2v) is 5.75. The monoisotopic (exact) mass is 358 g/mol. The summed E-state index contributed by atoms with van der Waals surface area (Å²) >= 11 is 0. The van der Waals surface area contributed by atoms with Gasteiger partial charge in [-0.2, -0.15) is 0 Å². The molecule has 0 N–H and O–H groups in total. The van der Waals surface area contributed by atoms with Crippen LogP contribution in [0.25, 0.3) is 10.8 Å². The van der Waals surface area contributed by atoms with Crippen molar-refractivity contribution >= 4 is 16.5 Å². The average molecular weight is 358 g/mol. The van der Waals surface area contributed by atoms with Gasteiger partial charge >= 0.3 is 0 Å². The van der Waals surface area contributed by atoms with Crippen molar-refractivity contribution in [1.82, 2.24) is 4.98 Å². The van der Waals surface area contributed by atoms with Gasteiger partial charge in [-0.25, -0.2) is 0 Å². The summed E-state index contributed by atoms with van der Waals surface area (Å²) in [7, 11) is 0. The molecule has 1 aromatic heterocycles. The normalized spacial score (nSPS) is 10.5. The maximum atomic E-state index is 11.2. The Labute approximate surface area is 154 Å². The highest BCUT2D eigenvalue weighted by atomic mass is 16.6. The molecule has 6 heteroatoms. The van der Waals surface area contributed by atoms with Crippen LogP contribution in [0.3, 0.4) is 0 Å². The second kappa shape index (κ2) is 7.13. The number of pyridine rings is 1. The Balaban J connectivity index is 1.59. The van der Waals surface area contributed by atoms with Crippen LogP contribution in [0.1, 0.15) is 0 Å². The molecule has 0 saturated heterocycles. The SMILES string of the molecule is O=[N+]([O-])c1ccc(Oc2ccc(Oc3ccccc3)cc2)c2ccncc12. The van der Waals surface area contributed by atoms with E-state index < -0.39 is 4.92 Å². The number of hydrogen-bond acceptors (Lipinski definition) is 5. The Morgan fingerprint density at radius 3 is 2.11 bits per heavy atom. The molecule has 0 radical (unpaired) electrons. The van der Waals surface area contributed by atoms with Crippen molar-refractivity contribution in [2.24, 2.45) is 0 Å². The molecule has 0 fully saturated rings. The van der Waals surface area contributed by atoms with E-state index in [4.69, 9.17) is 9.47 Å². The number of non-ortho nitro benzene ring substituents is 1. The van der Waals surface area contributed by atoms with Crippen molar-refractivity contribution in [2.45, 2.75) is 0 Å². The van der Waals surface area contributed by atoms with Crippen molar-refractivity contribution in [3.05, 3.63) is 95.3 Å². The van der Waals surface area contributed by atoms with E-state index in [2.05, 4.69) is 4.98 Å². The first-order valence-electron chi connectivity index (χ1n) is 8.23. The first-order chi connectivity index (χ1) is 13.2. The molecular weight excluding hydrogens is 344 g/mol. The highest BCUT2D eigenvalue weighted by Crippen LogP contribution is 2.35. The fraction of sp³-hybridized carbons (Fsp3) is 0. The molecule has 4 aromatic rings. The highest BCUT2D eigenvalue weighted by Gasteiger charge is 2.15. The van der Waals surface area contributed by atoms with Gasteiger partial charge in [-0.1, -0.05) is 18.2 Å². The molecule has 132 valence electrons. The van der Waals surface area contributed by atoms with E-state index in [0.717, 1.165) is 5.75 Å². The molecule has 1 heterocycles. The number of para-hydroxylation sites is 1. The van der Waals surface area contributed by atoms with E-state index in [0.29, 0.717) is 28.0 Å². The number of benzene rings is 3. The van der Waals surface area contributed by atoms with Gasteiger partial charge in [0.15, 0.2) is 0 Å². The number of fused-ring (bicyclic) bond motifs is 1.